The molecule has 3 heterocycles. The van der Waals surface area contributed by atoms with Crippen LogP contribution in [0.5, 0.6) is 0 Å². The Morgan fingerprint density at radius 2 is 2.40 bits per heavy atom. The number of thioether (sulfide) groups is 1. The number of rotatable bonds is 3. The summed E-state index contributed by atoms with van der Waals surface area (Å²) in [5.74, 6) is 0.900. The molecule has 6 heteroatoms. The van der Waals surface area contributed by atoms with E-state index in [1.807, 2.05) is 23.4 Å². The Morgan fingerprint density at radius 1 is 1.60 bits per heavy atom. The van der Waals surface area contributed by atoms with E-state index in [0.717, 1.165) is 17.7 Å². The predicted molar refractivity (Wildman–Crippen MR) is 81.5 cm³/mol. The molecule has 4 nitrogen and oxygen atoms in total. The van der Waals surface area contributed by atoms with Crippen LogP contribution in [0.3, 0.4) is 0 Å². The molecule has 0 spiro atoms. The number of nitrogens with zero attached hydrogens (tertiary/aromatic N) is 2. The van der Waals surface area contributed by atoms with Crippen molar-refractivity contribution in [2.75, 3.05) is 12.8 Å². The summed E-state index contributed by atoms with van der Waals surface area (Å²) in [5, 5.41) is 4.07. The highest BCUT2D eigenvalue weighted by Gasteiger charge is 2.53. The Morgan fingerprint density at radius 3 is 3.10 bits per heavy atom. The van der Waals surface area contributed by atoms with E-state index in [2.05, 4.69) is 12.3 Å². The van der Waals surface area contributed by atoms with Crippen LogP contribution in [0.1, 0.15) is 25.3 Å². The predicted octanol–water partition coefficient (Wildman–Crippen LogP) is 2.16. The van der Waals surface area contributed by atoms with E-state index in [9.17, 15) is 9.59 Å². The highest BCUT2D eigenvalue weighted by Crippen LogP contribution is 2.47. The Bertz CT molecular complexity index is 531. The van der Waals surface area contributed by atoms with Gasteiger partial charge in [0, 0.05) is 25.8 Å². The van der Waals surface area contributed by atoms with Crippen LogP contribution in [0.25, 0.3) is 0 Å². The number of fused-ring (bicyclic) bond motifs is 1. The maximum Gasteiger partial charge on any atom is 0.246 e. The molecule has 0 radical (unpaired) electrons. The molecule has 2 fully saturated rings. The van der Waals surface area contributed by atoms with Crippen LogP contribution >= 0.6 is 23.1 Å². The molecule has 20 heavy (non-hydrogen) atoms. The van der Waals surface area contributed by atoms with Gasteiger partial charge in [0.05, 0.1) is 4.87 Å². The molecular weight excluding hydrogens is 292 g/mol. The van der Waals surface area contributed by atoms with Crippen LogP contribution in [0.4, 0.5) is 0 Å². The fourth-order valence-electron chi connectivity index (χ4n) is 2.99. The number of hydrogen-bond donors (Lipinski definition) is 0. The first kappa shape index (κ1) is 13.9. The van der Waals surface area contributed by atoms with Gasteiger partial charge in [-0.25, -0.2) is 0 Å². The van der Waals surface area contributed by atoms with Gasteiger partial charge in [0.1, 0.15) is 6.04 Å². The third kappa shape index (κ3) is 2.24. The summed E-state index contributed by atoms with van der Waals surface area (Å²) in [4.78, 5) is 28.1. The SMILES string of the molecule is CN(Cc1ccsc1)C(=O)[C@H]1CS[C@]2(C)CCC(=O)N12. The summed E-state index contributed by atoms with van der Waals surface area (Å²) in [5.41, 5.74) is 1.15. The lowest BCUT2D eigenvalue weighted by Crippen LogP contribution is -2.50. The zero-order valence-corrected chi connectivity index (χ0v) is 13.3. The van der Waals surface area contributed by atoms with E-state index in [1.165, 1.54) is 0 Å². The Balaban J connectivity index is 1.72. The first-order chi connectivity index (χ1) is 9.51. The van der Waals surface area contributed by atoms with Gasteiger partial charge in [-0.15, -0.1) is 11.8 Å². The third-order valence-corrected chi connectivity index (χ3v) is 6.34. The third-order valence-electron chi connectivity index (χ3n) is 4.11. The van der Waals surface area contributed by atoms with Gasteiger partial charge in [0.25, 0.3) is 0 Å². The smallest absolute Gasteiger partial charge is 0.246 e. The van der Waals surface area contributed by atoms with Gasteiger partial charge in [-0.3, -0.25) is 9.59 Å². The van der Waals surface area contributed by atoms with Crippen molar-refractivity contribution in [2.45, 2.75) is 37.2 Å². The molecule has 0 aromatic carbocycles. The number of carbonyl (C=O) groups excluding carboxylic acids is 2. The first-order valence-corrected chi connectivity index (χ1v) is 8.66. The fraction of sp³-hybridized carbons (Fsp3) is 0.571. The Kier molecular flexibility index (Phi) is 3.54. The average molecular weight is 310 g/mol. The Labute approximate surface area is 127 Å². The van der Waals surface area contributed by atoms with Crippen molar-refractivity contribution < 1.29 is 9.59 Å². The van der Waals surface area contributed by atoms with Crippen LogP contribution in [0.15, 0.2) is 16.8 Å². The topological polar surface area (TPSA) is 40.6 Å². The van der Waals surface area contributed by atoms with Gasteiger partial charge < -0.3 is 9.80 Å². The van der Waals surface area contributed by atoms with Gasteiger partial charge in [-0.2, -0.15) is 11.3 Å². The zero-order chi connectivity index (χ0) is 14.3. The lowest BCUT2D eigenvalue weighted by molar-refractivity contribution is -0.143. The van der Waals surface area contributed by atoms with Crippen molar-refractivity contribution in [3.8, 4) is 0 Å². The molecule has 2 amide bonds. The number of likely N-dealkylation sites (N-methyl/N-ethyl adjacent to an activating group) is 1. The van der Waals surface area contributed by atoms with Crippen LogP contribution in [-0.4, -0.2) is 45.3 Å². The standard InChI is InChI=1S/C14H18N2O2S2/c1-14-5-3-12(17)16(14)11(9-20-14)13(18)15(2)7-10-4-6-19-8-10/h4,6,8,11H,3,5,7,9H2,1-2H3/t11-,14-/m1/s1. The van der Waals surface area contributed by atoms with E-state index in [1.54, 1.807) is 28.0 Å². The molecule has 108 valence electrons. The Hall–Kier alpha value is -1.01. The van der Waals surface area contributed by atoms with Crippen molar-refractivity contribution >= 4 is 34.9 Å². The largest absolute Gasteiger partial charge is 0.340 e. The molecule has 0 N–H and O–H groups in total. The summed E-state index contributed by atoms with van der Waals surface area (Å²) in [6.45, 7) is 2.69. The summed E-state index contributed by atoms with van der Waals surface area (Å²) < 4.78 is 0. The first-order valence-electron chi connectivity index (χ1n) is 6.73. The molecule has 2 atom stereocenters. The quantitative estimate of drug-likeness (QED) is 0.859. The second-order valence-electron chi connectivity index (χ2n) is 5.59. The maximum atomic E-state index is 12.6. The van der Waals surface area contributed by atoms with Crippen LogP contribution in [0, 0.1) is 0 Å². The van der Waals surface area contributed by atoms with E-state index >= 15 is 0 Å². The van der Waals surface area contributed by atoms with Crippen LogP contribution in [0.2, 0.25) is 0 Å². The molecular formula is C14H18N2O2S2. The van der Waals surface area contributed by atoms with Gasteiger partial charge in [0.15, 0.2) is 0 Å². The molecule has 2 saturated heterocycles. The van der Waals surface area contributed by atoms with Gasteiger partial charge in [-0.05, 0) is 35.7 Å². The molecule has 0 unspecified atom stereocenters. The van der Waals surface area contributed by atoms with E-state index < -0.39 is 0 Å². The van der Waals surface area contributed by atoms with Crippen molar-refractivity contribution in [1.29, 1.82) is 0 Å². The van der Waals surface area contributed by atoms with Crippen molar-refractivity contribution in [2.24, 2.45) is 0 Å². The normalized spacial score (nSPS) is 28.8. The second kappa shape index (κ2) is 5.07. The molecule has 0 saturated carbocycles. The highest BCUT2D eigenvalue weighted by molar-refractivity contribution is 8.01. The van der Waals surface area contributed by atoms with Gasteiger partial charge >= 0.3 is 0 Å². The minimum atomic E-state index is -0.288. The van der Waals surface area contributed by atoms with E-state index in [0.29, 0.717) is 13.0 Å². The number of carbonyl (C=O) groups is 2. The molecule has 2 aliphatic rings. The number of amides is 2. The lowest BCUT2D eigenvalue weighted by Gasteiger charge is -2.31. The number of thiophene rings is 1. The van der Waals surface area contributed by atoms with Gasteiger partial charge in [0.2, 0.25) is 11.8 Å². The molecule has 0 bridgehead atoms. The summed E-state index contributed by atoms with van der Waals surface area (Å²) in [6.07, 6.45) is 1.43. The molecule has 0 aliphatic carbocycles. The number of hydrogen-bond acceptors (Lipinski definition) is 4. The fourth-order valence-corrected chi connectivity index (χ4v) is 5.08. The molecule has 2 aliphatic heterocycles. The zero-order valence-electron chi connectivity index (χ0n) is 11.7. The van der Waals surface area contributed by atoms with Gasteiger partial charge in [-0.1, -0.05) is 0 Å². The summed E-state index contributed by atoms with van der Waals surface area (Å²) >= 11 is 3.37. The average Bonchev–Trinajstić information content (AvgIpc) is 3.08. The van der Waals surface area contributed by atoms with Crippen molar-refractivity contribution in [1.82, 2.24) is 9.80 Å². The molecule has 3 rings (SSSR count). The molecule has 1 aromatic heterocycles. The maximum absolute atomic E-state index is 12.6. The second-order valence-corrected chi connectivity index (χ2v) is 7.87. The summed E-state index contributed by atoms with van der Waals surface area (Å²) in [6, 6.07) is 1.74. The summed E-state index contributed by atoms with van der Waals surface area (Å²) in [7, 11) is 1.82. The minimum Gasteiger partial charge on any atom is -0.340 e. The molecule has 1 aromatic rings. The highest BCUT2D eigenvalue weighted by atomic mass is 32.2. The minimum absolute atomic E-state index is 0.0580. The van der Waals surface area contributed by atoms with Crippen molar-refractivity contribution in [3.63, 3.8) is 0 Å². The van der Waals surface area contributed by atoms with E-state index in [-0.39, 0.29) is 22.7 Å². The van der Waals surface area contributed by atoms with E-state index in [4.69, 9.17) is 0 Å². The van der Waals surface area contributed by atoms with Crippen LogP contribution < -0.4 is 0 Å². The van der Waals surface area contributed by atoms with Crippen LogP contribution in [-0.2, 0) is 16.1 Å². The lowest BCUT2D eigenvalue weighted by atomic mass is 10.2. The monoisotopic (exact) mass is 310 g/mol. The van der Waals surface area contributed by atoms with Crippen molar-refractivity contribution in [3.05, 3.63) is 22.4 Å².